The Bertz CT molecular complexity index is 666. The van der Waals surface area contributed by atoms with Crippen LogP contribution in [-0.2, 0) is 4.74 Å². The number of nitrogens with one attached hydrogen (secondary N) is 1. The van der Waals surface area contributed by atoms with Gasteiger partial charge >= 0.3 is 12.1 Å². The third-order valence-electron chi connectivity index (χ3n) is 2.37. The zero-order valence-electron chi connectivity index (χ0n) is 11.4. The Morgan fingerprint density at radius 2 is 1.95 bits per heavy atom. The van der Waals surface area contributed by atoms with E-state index in [0.29, 0.717) is 16.7 Å². The lowest BCUT2D eigenvalue weighted by molar-refractivity contribution is 0.0632. The molecule has 0 spiro atoms. The Morgan fingerprint density at radius 3 is 2.55 bits per heavy atom. The summed E-state index contributed by atoms with van der Waals surface area (Å²) in [7, 11) is 0. The first-order chi connectivity index (χ1) is 9.24. The summed E-state index contributed by atoms with van der Waals surface area (Å²) in [5.41, 5.74) is 0.363. The van der Waals surface area contributed by atoms with Crippen LogP contribution in [0.15, 0.2) is 28.7 Å². The van der Waals surface area contributed by atoms with E-state index in [2.05, 4.69) is 5.32 Å². The molecular formula is C14H15NO5. The first-order valence-electron chi connectivity index (χ1n) is 6.01. The summed E-state index contributed by atoms with van der Waals surface area (Å²) in [5.74, 6) is -1.28. The number of benzene rings is 1. The van der Waals surface area contributed by atoms with Crippen molar-refractivity contribution in [2.75, 3.05) is 5.32 Å². The summed E-state index contributed by atoms with van der Waals surface area (Å²) in [6, 6.07) is 6.23. The summed E-state index contributed by atoms with van der Waals surface area (Å²) >= 11 is 0. The number of carbonyl (C=O) groups is 2. The van der Waals surface area contributed by atoms with Crippen molar-refractivity contribution in [3.63, 3.8) is 0 Å². The number of carbonyl (C=O) groups excluding carboxylic acids is 1. The van der Waals surface area contributed by atoms with Crippen molar-refractivity contribution in [3.05, 3.63) is 30.0 Å². The SMILES string of the molecule is CC(C)(C)OC(=O)Nc1ccc2oc(C(=O)O)cc2c1. The van der Waals surface area contributed by atoms with E-state index in [0.717, 1.165) is 0 Å². The summed E-state index contributed by atoms with van der Waals surface area (Å²) in [4.78, 5) is 22.4. The van der Waals surface area contributed by atoms with Gasteiger partial charge in [-0.15, -0.1) is 0 Å². The molecule has 1 amide bonds. The lowest BCUT2D eigenvalue weighted by atomic mass is 10.2. The van der Waals surface area contributed by atoms with Crippen LogP contribution in [0.4, 0.5) is 10.5 Å². The van der Waals surface area contributed by atoms with Gasteiger partial charge in [-0.25, -0.2) is 9.59 Å². The Morgan fingerprint density at radius 1 is 1.25 bits per heavy atom. The Labute approximate surface area is 115 Å². The molecule has 0 atom stereocenters. The van der Waals surface area contributed by atoms with Crippen molar-refractivity contribution in [1.29, 1.82) is 0 Å². The molecule has 20 heavy (non-hydrogen) atoms. The maximum Gasteiger partial charge on any atom is 0.412 e. The minimum absolute atomic E-state index is 0.144. The predicted molar refractivity (Wildman–Crippen MR) is 73.0 cm³/mol. The Hall–Kier alpha value is -2.50. The second kappa shape index (κ2) is 4.88. The standard InChI is InChI=1S/C14H15NO5/c1-14(2,3)20-13(18)15-9-4-5-10-8(6-9)7-11(19-10)12(16)17/h4-7H,1-3H3,(H,15,18)(H,16,17). The molecule has 0 aliphatic heterocycles. The van der Waals surface area contributed by atoms with Crippen LogP contribution in [0.2, 0.25) is 0 Å². The number of rotatable bonds is 2. The van der Waals surface area contributed by atoms with E-state index < -0.39 is 17.7 Å². The number of carboxylic acids is 1. The van der Waals surface area contributed by atoms with Crippen LogP contribution in [-0.4, -0.2) is 22.8 Å². The highest BCUT2D eigenvalue weighted by atomic mass is 16.6. The third-order valence-corrected chi connectivity index (χ3v) is 2.37. The van der Waals surface area contributed by atoms with Crippen LogP contribution >= 0.6 is 0 Å². The van der Waals surface area contributed by atoms with Crippen LogP contribution in [0.5, 0.6) is 0 Å². The van der Waals surface area contributed by atoms with Crippen molar-refractivity contribution < 1.29 is 23.8 Å². The predicted octanol–water partition coefficient (Wildman–Crippen LogP) is 3.48. The number of hydrogen-bond donors (Lipinski definition) is 2. The molecule has 1 aromatic heterocycles. The summed E-state index contributed by atoms with van der Waals surface area (Å²) < 4.78 is 10.3. The highest BCUT2D eigenvalue weighted by Crippen LogP contribution is 2.23. The smallest absolute Gasteiger partial charge is 0.412 e. The summed E-state index contributed by atoms with van der Waals surface area (Å²) in [5, 5.41) is 12.0. The van der Waals surface area contributed by atoms with E-state index in [9.17, 15) is 9.59 Å². The van der Waals surface area contributed by atoms with E-state index >= 15 is 0 Å². The topological polar surface area (TPSA) is 88.8 Å². The molecule has 0 unspecified atom stereocenters. The number of ether oxygens (including phenoxy) is 1. The average Bonchev–Trinajstić information content (AvgIpc) is 2.69. The molecule has 6 nitrogen and oxygen atoms in total. The maximum absolute atomic E-state index is 11.6. The molecule has 0 bridgehead atoms. The minimum atomic E-state index is -1.14. The molecule has 6 heteroatoms. The average molecular weight is 277 g/mol. The van der Waals surface area contributed by atoms with Gasteiger partial charge in [0.25, 0.3) is 0 Å². The van der Waals surface area contributed by atoms with Crippen LogP contribution in [0.1, 0.15) is 31.3 Å². The van der Waals surface area contributed by atoms with E-state index in [1.807, 2.05) is 0 Å². The molecular weight excluding hydrogens is 262 g/mol. The van der Waals surface area contributed by atoms with Gasteiger partial charge < -0.3 is 14.3 Å². The van der Waals surface area contributed by atoms with Gasteiger partial charge in [0.05, 0.1) is 0 Å². The van der Waals surface area contributed by atoms with Crippen LogP contribution in [0.25, 0.3) is 11.0 Å². The number of amides is 1. The van der Waals surface area contributed by atoms with E-state index in [1.165, 1.54) is 6.07 Å². The van der Waals surface area contributed by atoms with E-state index in [1.54, 1.807) is 39.0 Å². The molecule has 1 heterocycles. The summed E-state index contributed by atoms with van der Waals surface area (Å²) in [6.45, 7) is 5.31. The monoisotopic (exact) mass is 277 g/mol. The van der Waals surface area contributed by atoms with Gasteiger partial charge in [-0.1, -0.05) is 0 Å². The zero-order valence-corrected chi connectivity index (χ0v) is 11.4. The number of anilines is 1. The fourth-order valence-electron chi connectivity index (χ4n) is 1.65. The molecule has 2 aromatic rings. The molecule has 1 aromatic carbocycles. The molecule has 0 saturated heterocycles. The molecule has 0 fully saturated rings. The first-order valence-corrected chi connectivity index (χ1v) is 6.01. The second-order valence-electron chi connectivity index (χ2n) is 5.30. The number of hydrogen-bond acceptors (Lipinski definition) is 4. The van der Waals surface area contributed by atoms with Gasteiger partial charge in [0.1, 0.15) is 11.2 Å². The largest absolute Gasteiger partial charge is 0.475 e. The lowest BCUT2D eigenvalue weighted by Gasteiger charge is -2.19. The van der Waals surface area contributed by atoms with Crippen LogP contribution in [0.3, 0.4) is 0 Å². The van der Waals surface area contributed by atoms with E-state index in [4.69, 9.17) is 14.3 Å². The normalized spacial score (nSPS) is 11.3. The lowest BCUT2D eigenvalue weighted by Crippen LogP contribution is -2.27. The number of furan rings is 1. The third kappa shape index (κ3) is 3.28. The molecule has 2 N–H and O–H groups in total. The molecule has 0 radical (unpaired) electrons. The molecule has 2 rings (SSSR count). The molecule has 0 saturated carbocycles. The quantitative estimate of drug-likeness (QED) is 0.877. The Kier molecular flexibility index (Phi) is 3.40. The van der Waals surface area contributed by atoms with Crippen molar-refractivity contribution in [2.24, 2.45) is 0 Å². The van der Waals surface area contributed by atoms with Crippen molar-refractivity contribution in [3.8, 4) is 0 Å². The number of fused-ring (bicyclic) bond motifs is 1. The number of carboxylic acid groups (broad SMARTS) is 1. The Balaban J connectivity index is 2.19. The maximum atomic E-state index is 11.6. The number of aromatic carboxylic acids is 1. The molecule has 0 aliphatic rings. The minimum Gasteiger partial charge on any atom is -0.475 e. The van der Waals surface area contributed by atoms with Crippen LogP contribution in [0, 0.1) is 0 Å². The van der Waals surface area contributed by atoms with Gasteiger partial charge in [-0.05, 0) is 45.0 Å². The zero-order chi connectivity index (χ0) is 14.9. The van der Waals surface area contributed by atoms with Gasteiger partial charge in [-0.2, -0.15) is 0 Å². The molecule has 106 valence electrons. The summed E-state index contributed by atoms with van der Waals surface area (Å²) in [6.07, 6.45) is -0.571. The first kappa shape index (κ1) is 13.9. The molecule has 0 aliphatic carbocycles. The second-order valence-corrected chi connectivity index (χ2v) is 5.30. The van der Waals surface area contributed by atoms with Gasteiger partial charge in [0, 0.05) is 11.1 Å². The van der Waals surface area contributed by atoms with Crippen LogP contribution < -0.4 is 5.32 Å². The van der Waals surface area contributed by atoms with Crippen molar-refractivity contribution in [2.45, 2.75) is 26.4 Å². The van der Waals surface area contributed by atoms with Gasteiger partial charge in [0.15, 0.2) is 0 Å². The fraction of sp³-hybridized carbons (Fsp3) is 0.286. The fourth-order valence-corrected chi connectivity index (χ4v) is 1.65. The van der Waals surface area contributed by atoms with E-state index in [-0.39, 0.29) is 5.76 Å². The highest BCUT2D eigenvalue weighted by molar-refractivity contribution is 5.94. The van der Waals surface area contributed by atoms with Crippen molar-refractivity contribution >= 4 is 28.7 Å². The van der Waals surface area contributed by atoms with Crippen molar-refractivity contribution in [1.82, 2.24) is 0 Å². The van der Waals surface area contributed by atoms with Gasteiger partial charge in [0.2, 0.25) is 5.76 Å². The highest BCUT2D eigenvalue weighted by Gasteiger charge is 2.17. The van der Waals surface area contributed by atoms with Gasteiger partial charge in [-0.3, -0.25) is 5.32 Å².